The highest BCUT2D eigenvalue weighted by molar-refractivity contribution is 5.92. The second kappa shape index (κ2) is 15.5. The molecular formula is C37H49N5O7. The zero-order valence-corrected chi connectivity index (χ0v) is 29.1. The van der Waals surface area contributed by atoms with Crippen molar-refractivity contribution in [1.29, 1.82) is 0 Å². The average molecular weight is 676 g/mol. The summed E-state index contributed by atoms with van der Waals surface area (Å²) in [5.74, 6) is -2.41. The third-order valence-corrected chi connectivity index (χ3v) is 9.71. The molecule has 1 aromatic carbocycles. The number of fused-ring (bicyclic) bond motifs is 4. The highest BCUT2D eigenvalue weighted by atomic mass is 16.6. The van der Waals surface area contributed by atoms with E-state index in [1.54, 1.807) is 20.8 Å². The number of pyridine rings is 1. The minimum absolute atomic E-state index is 0.249. The predicted molar refractivity (Wildman–Crippen MR) is 183 cm³/mol. The third-order valence-electron chi connectivity index (χ3n) is 9.71. The minimum atomic E-state index is -1.15. The SMILES string of the molecule is CCCC(=O)OC1CCC2(/C=C/c3ccc4ccc(nc4c3)[C@@H](C)NC(=O)[C@@H]3CCCN(N3)C(=O)[C@H](C)NC(=O)[C@H](C(C)C)OC2=O)CC1. The van der Waals surface area contributed by atoms with Crippen molar-refractivity contribution in [3.8, 4) is 0 Å². The fraction of sp³-hybridized carbons (Fsp3) is 0.568. The standard InChI is InChI=1S/C37H49N5O7/c1-6-8-31(43)48-27-15-18-37(19-16-27)17-14-25-10-11-26-12-13-28(40-30(26)21-25)23(4)38-33(44)29-9-7-20-42(41-29)35(46)24(5)39-34(45)32(22(2)3)49-36(37)47/h10-14,17,21-24,27,29,32,41H,6-9,15-16,18-20H2,1-5H3,(H,38,44)(H,39,45)/b17-14+/t23-,24+,27?,29+,32+,37?/m1/s1. The van der Waals surface area contributed by atoms with Crippen LogP contribution in [0, 0.1) is 11.3 Å². The molecule has 12 heteroatoms. The van der Waals surface area contributed by atoms with Gasteiger partial charge in [0.05, 0.1) is 22.7 Å². The van der Waals surface area contributed by atoms with E-state index in [2.05, 4.69) is 16.1 Å². The molecule has 5 bridgehead atoms. The zero-order valence-electron chi connectivity index (χ0n) is 29.1. The number of nitrogens with one attached hydrogen (secondary N) is 3. The first-order chi connectivity index (χ1) is 23.4. The molecule has 1 aliphatic carbocycles. The second-order valence-corrected chi connectivity index (χ2v) is 14.0. The number of esters is 2. The Morgan fingerprint density at radius 2 is 1.73 bits per heavy atom. The van der Waals surface area contributed by atoms with Gasteiger partial charge in [-0.3, -0.25) is 34.0 Å². The molecule has 3 amide bonds. The summed E-state index contributed by atoms with van der Waals surface area (Å²) in [7, 11) is 0. The molecule has 3 aliphatic rings. The van der Waals surface area contributed by atoms with Crippen LogP contribution in [0.15, 0.2) is 36.4 Å². The first kappa shape index (κ1) is 36.0. The molecule has 12 nitrogen and oxygen atoms in total. The van der Waals surface area contributed by atoms with Crippen LogP contribution in [0.4, 0.5) is 0 Å². The predicted octanol–water partition coefficient (Wildman–Crippen LogP) is 4.28. The maximum Gasteiger partial charge on any atom is 0.316 e. The van der Waals surface area contributed by atoms with Gasteiger partial charge in [0, 0.05) is 18.4 Å². The molecule has 0 radical (unpaired) electrons. The summed E-state index contributed by atoms with van der Waals surface area (Å²) >= 11 is 0. The van der Waals surface area contributed by atoms with Crippen LogP contribution in [0.1, 0.15) is 103 Å². The molecule has 1 saturated carbocycles. The van der Waals surface area contributed by atoms with Crippen molar-refractivity contribution in [3.05, 3.63) is 47.7 Å². The Kier molecular flexibility index (Phi) is 11.4. The van der Waals surface area contributed by atoms with Gasteiger partial charge in [0.25, 0.3) is 11.8 Å². The Balaban J connectivity index is 1.50. The van der Waals surface area contributed by atoms with E-state index in [0.29, 0.717) is 63.6 Å². The Hall–Kier alpha value is -4.32. The number of cyclic esters (lactones) is 1. The summed E-state index contributed by atoms with van der Waals surface area (Å²) in [6.07, 6.45) is 6.09. The van der Waals surface area contributed by atoms with Crippen molar-refractivity contribution >= 4 is 46.6 Å². The van der Waals surface area contributed by atoms with Gasteiger partial charge in [-0.15, -0.1) is 0 Å². The highest BCUT2D eigenvalue weighted by Gasteiger charge is 2.44. The lowest BCUT2D eigenvalue weighted by Crippen LogP contribution is -2.61. The number of carbonyl (C=O) groups is 5. The first-order valence-corrected chi connectivity index (χ1v) is 17.6. The number of hydrazine groups is 1. The van der Waals surface area contributed by atoms with Crippen molar-refractivity contribution in [3.63, 3.8) is 0 Å². The molecule has 264 valence electrons. The van der Waals surface area contributed by atoms with E-state index in [-0.39, 0.29) is 23.9 Å². The van der Waals surface area contributed by atoms with E-state index >= 15 is 0 Å². The summed E-state index contributed by atoms with van der Waals surface area (Å²) in [6.45, 7) is 9.30. The number of hydrogen-bond acceptors (Lipinski definition) is 9. The monoisotopic (exact) mass is 675 g/mol. The van der Waals surface area contributed by atoms with Crippen LogP contribution in [0.25, 0.3) is 17.0 Å². The molecule has 1 saturated heterocycles. The van der Waals surface area contributed by atoms with E-state index in [9.17, 15) is 24.0 Å². The van der Waals surface area contributed by atoms with Gasteiger partial charge in [-0.1, -0.05) is 51.1 Å². The molecule has 3 heterocycles. The lowest BCUT2D eigenvalue weighted by Gasteiger charge is -2.37. The Morgan fingerprint density at radius 1 is 1.02 bits per heavy atom. The van der Waals surface area contributed by atoms with Crippen molar-refractivity contribution in [2.24, 2.45) is 11.3 Å². The molecule has 1 aromatic heterocycles. The summed E-state index contributed by atoms with van der Waals surface area (Å²) in [5, 5.41) is 8.07. The van der Waals surface area contributed by atoms with E-state index < -0.39 is 47.4 Å². The third kappa shape index (κ3) is 8.46. The summed E-state index contributed by atoms with van der Waals surface area (Å²) < 4.78 is 11.7. The summed E-state index contributed by atoms with van der Waals surface area (Å²) in [4.78, 5) is 71.6. The molecule has 4 atom stereocenters. The van der Waals surface area contributed by atoms with Gasteiger partial charge in [-0.05, 0) is 82.4 Å². The quantitative estimate of drug-likeness (QED) is 0.403. The minimum Gasteiger partial charge on any atom is -0.462 e. The first-order valence-electron chi connectivity index (χ1n) is 17.6. The molecule has 49 heavy (non-hydrogen) atoms. The van der Waals surface area contributed by atoms with Crippen molar-refractivity contribution in [1.82, 2.24) is 26.1 Å². The topological polar surface area (TPSA) is 156 Å². The number of benzene rings is 1. The molecule has 5 rings (SSSR count). The number of aromatic nitrogens is 1. The molecule has 1 spiro atoms. The highest BCUT2D eigenvalue weighted by Crippen LogP contribution is 2.41. The largest absolute Gasteiger partial charge is 0.462 e. The number of amides is 3. The summed E-state index contributed by atoms with van der Waals surface area (Å²) in [5.41, 5.74) is 4.20. The maximum atomic E-state index is 14.2. The van der Waals surface area contributed by atoms with Gasteiger partial charge in [0.2, 0.25) is 5.91 Å². The van der Waals surface area contributed by atoms with E-state index in [4.69, 9.17) is 14.5 Å². The van der Waals surface area contributed by atoms with Gasteiger partial charge in [-0.2, -0.15) is 0 Å². The smallest absolute Gasteiger partial charge is 0.316 e. The van der Waals surface area contributed by atoms with Crippen LogP contribution < -0.4 is 16.1 Å². The Bertz CT molecular complexity index is 1600. The van der Waals surface area contributed by atoms with Crippen LogP contribution in [-0.4, -0.2) is 70.5 Å². The number of carbonyl (C=O) groups excluding carboxylic acids is 5. The van der Waals surface area contributed by atoms with Crippen LogP contribution in [-0.2, 0) is 33.4 Å². The van der Waals surface area contributed by atoms with Crippen LogP contribution in [0.2, 0.25) is 0 Å². The fourth-order valence-corrected chi connectivity index (χ4v) is 6.70. The number of hydrogen-bond donors (Lipinski definition) is 3. The van der Waals surface area contributed by atoms with Gasteiger partial charge in [-0.25, -0.2) is 5.43 Å². The fourth-order valence-electron chi connectivity index (χ4n) is 6.70. The lowest BCUT2D eigenvalue weighted by atomic mass is 9.72. The molecule has 2 aromatic rings. The lowest BCUT2D eigenvalue weighted by molar-refractivity contribution is -0.170. The number of nitrogens with zero attached hydrogens (tertiary/aromatic N) is 2. The summed E-state index contributed by atoms with van der Waals surface area (Å²) in [6, 6.07) is 7.69. The van der Waals surface area contributed by atoms with Crippen molar-refractivity contribution in [2.75, 3.05) is 6.54 Å². The van der Waals surface area contributed by atoms with E-state index in [1.165, 1.54) is 5.01 Å². The van der Waals surface area contributed by atoms with Crippen LogP contribution in [0.3, 0.4) is 0 Å². The number of ether oxygens (including phenoxy) is 2. The van der Waals surface area contributed by atoms with Crippen LogP contribution in [0.5, 0.6) is 0 Å². The van der Waals surface area contributed by atoms with E-state index in [0.717, 1.165) is 16.5 Å². The Morgan fingerprint density at radius 3 is 2.45 bits per heavy atom. The van der Waals surface area contributed by atoms with Gasteiger partial charge < -0.3 is 20.1 Å². The average Bonchev–Trinajstić information content (AvgIpc) is 3.09. The maximum absolute atomic E-state index is 14.2. The normalized spacial score (nSPS) is 29.3. The number of rotatable bonds is 4. The zero-order chi connectivity index (χ0) is 35.3. The van der Waals surface area contributed by atoms with Gasteiger partial charge >= 0.3 is 11.9 Å². The second-order valence-electron chi connectivity index (χ2n) is 14.0. The molecule has 3 N–H and O–H groups in total. The molecule has 2 aliphatic heterocycles. The van der Waals surface area contributed by atoms with Crippen molar-refractivity contribution in [2.45, 2.75) is 116 Å². The van der Waals surface area contributed by atoms with Crippen molar-refractivity contribution < 1.29 is 33.4 Å². The molecular weight excluding hydrogens is 626 g/mol. The molecule has 2 fully saturated rings. The molecule has 0 unspecified atom stereocenters. The Labute approximate surface area is 287 Å². The van der Waals surface area contributed by atoms with Crippen LogP contribution >= 0.6 is 0 Å². The van der Waals surface area contributed by atoms with Gasteiger partial charge in [0.15, 0.2) is 6.10 Å². The van der Waals surface area contributed by atoms with E-state index in [1.807, 2.05) is 56.3 Å². The van der Waals surface area contributed by atoms with Gasteiger partial charge in [0.1, 0.15) is 18.2 Å².